The maximum Gasteiger partial charge on any atom is 0.243 e. The fourth-order valence-corrected chi connectivity index (χ4v) is 5.12. The summed E-state index contributed by atoms with van der Waals surface area (Å²) >= 11 is 1.74. The molecule has 3 aromatic rings. The Labute approximate surface area is 226 Å². The quantitative estimate of drug-likeness (QED) is 0.152. The van der Waals surface area contributed by atoms with Crippen LogP contribution in [0.25, 0.3) is 0 Å². The van der Waals surface area contributed by atoms with Crippen molar-refractivity contribution < 1.29 is 29.4 Å². The number of hydrogen-bond donors (Lipinski definition) is 4. The van der Waals surface area contributed by atoms with Crippen LogP contribution in [0.2, 0.25) is 0 Å². The summed E-state index contributed by atoms with van der Waals surface area (Å²) < 4.78 is 12.8. The first-order valence-electron chi connectivity index (χ1n) is 12.5. The van der Waals surface area contributed by atoms with E-state index in [9.17, 15) is 14.7 Å². The Balaban J connectivity index is 1.46. The van der Waals surface area contributed by atoms with Crippen LogP contribution in [0.5, 0.6) is 0 Å². The smallest absolute Gasteiger partial charge is 0.243 e. The minimum Gasteiger partial charge on any atom is -0.392 e. The molecule has 0 spiro atoms. The molecule has 0 bridgehead atoms. The van der Waals surface area contributed by atoms with E-state index >= 15 is 0 Å². The number of amides is 2. The Bertz CT molecular complexity index is 1190. The van der Waals surface area contributed by atoms with Gasteiger partial charge in [0.25, 0.3) is 0 Å². The van der Waals surface area contributed by atoms with Crippen LogP contribution in [0.3, 0.4) is 0 Å². The summed E-state index contributed by atoms with van der Waals surface area (Å²) in [6.07, 6.45) is 0.334. The normalized spacial score (nSPS) is 19.1. The first-order valence-corrected chi connectivity index (χ1v) is 13.5. The molecule has 0 saturated carbocycles. The molecule has 4 rings (SSSR count). The van der Waals surface area contributed by atoms with Gasteiger partial charge in [0, 0.05) is 41.2 Å². The van der Waals surface area contributed by atoms with Crippen molar-refractivity contribution in [3.63, 3.8) is 0 Å². The van der Waals surface area contributed by atoms with Crippen molar-refractivity contribution in [1.29, 1.82) is 0 Å². The molecule has 0 radical (unpaired) electrons. The van der Waals surface area contributed by atoms with E-state index in [1.165, 1.54) is 4.90 Å². The number of thioether (sulfide) groups is 1. The number of hydroxylamine groups is 1. The summed E-state index contributed by atoms with van der Waals surface area (Å²) in [5.41, 5.74) is 4.81. The van der Waals surface area contributed by atoms with Crippen molar-refractivity contribution in [3.8, 4) is 0 Å². The third kappa shape index (κ3) is 8.14. The molecule has 8 nitrogen and oxygen atoms in total. The van der Waals surface area contributed by atoms with E-state index < -0.39 is 12.2 Å². The molecular formula is C29H32N2O6S. The van der Waals surface area contributed by atoms with Crippen LogP contribution in [0.1, 0.15) is 54.8 Å². The molecule has 200 valence electrons. The van der Waals surface area contributed by atoms with Gasteiger partial charge in [-0.1, -0.05) is 54.6 Å². The van der Waals surface area contributed by atoms with Crippen LogP contribution in [0, 0.1) is 0 Å². The Kier molecular flexibility index (Phi) is 10.3. The molecule has 0 aliphatic carbocycles. The van der Waals surface area contributed by atoms with Crippen molar-refractivity contribution >= 4 is 29.3 Å². The number of rotatable bonds is 11. The van der Waals surface area contributed by atoms with E-state index in [0.29, 0.717) is 18.5 Å². The molecule has 2 amide bonds. The molecule has 38 heavy (non-hydrogen) atoms. The standard InChI is InChI=1S/C29H32N2O6S/c32-18-20-12-14-21(15-13-20)26-17-24(19-38-25-8-2-1-3-9-25)36-29(37-26)22-6-4-7-23(16-22)30-27(33)10-5-11-28(34)31-35/h1-4,6-9,12-16,24,26,29,32,35H,5,10-11,17-19H2,(H,30,33)(H,31,34). The fourth-order valence-electron chi connectivity index (χ4n) is 4.18. The third-order valence-corrected chi connectivity index (χ3v) is 7.31. The average molecular weight is 537 g/mol. The molecule has 1 fully saturated rings. The van der Waals surface area contributed by atoms with Crippen molar-refractivity contribution in [1.82, 2.24) is 5.48 Å². The van der Waals surface area contributed by atoms with E-state index in [-0.39, 0.29) is 37.6 Å². The van der Waals surface area contributed by atoms with E-state index in [4.69, 9.17) is 14.7 Å². The number of benzene rings is 3. The van der Waals surface area contributed by atoms with Crippen molar-refractivity contribution in [3.05, 3.63) is 95.6 Å². The molecule has 1 saturated heterocycles. The number of nitrogens with one attached hydrogen (secondary N) is 2. The number of anilines is 1. The third-order valence-electron chi connectivity index (χ3n) is 6.17. The first kappa shape index (κ1) is 27.8. The summed E-state index contributed by atoms with van der Waals surface area (Å²) in [4.78, 5) is 24.7. The molecule has 3 unspecified atom stereocenters. The van der Waals surface area contributed by atoms with Crippen molar-refractivity contribution in [2.75, 3.05) is 11.1 Å². The number of hydrogen-bond acceptors (Lipinski definition) is 7. The highest BCUT2D eigenvalue weighted by molar-refractivity contribution is 7.99. The highest BCUT2D eigenvalue weighted by atomic mass is 32.2. The molecular weight excluding hydrogens is 504 g/mol. The number of ether oxygens (including phenoxy) is 2. The molecule has 1 heterocycles. The van der Waals surface area contributed by atoms with E-state index in [2.05, 4.69) is 17.4 Å². The first-order chi connectivity index (χ1) is 18.5. The van der Waals surface area contributed by atoms with Gasteiger partial charge in [-0.05, 0) is 41.8 Å². The summed E-state index contributed by atoms with van der Waals surface area (Å²) in [5, 5.41) is 20.8. The van der Waals surface area contributed by atoms with Crippen LogP contribution in [-0.4, -0.2) is 34.0 Å². The van der Waals surface area contributed by atoms with Gasteiger partial charge in [-0.25, -0.2) is 5.48 Å². The van der Waals surface area contributed by atoms with Gasteiger partial charge in [0.1, 0.15) is 0 Å². The molecule has 1 aliphatic rings. The van der Waals surface area contributed by atoms with Gasteiger partial charge in [-0.2, -0.15) is 0 Å². The zero-order valence-corrected chi connectivity index (χ0v) is 21.7. The molecule has 0 aromatic heterocycles. The summed E-state index contributed by atoms with van der Waals surface area (Å²) in [7, 11) is 0. The monoisotopic (exact) mass is 536 g/mol. The van der Waals surface area contributed by atoms with Crippen LogP contribution < -0.4 is 10.8 Å². The lowest BCUT2D eigenvalue weighted by Crippen LogP contribution is -2.31. The second kappa shape index (κ2) is 14.1. The van der Waals surface area contributed by atoms with Crippen LogP contribution in [0.4, 0.5) is 5.69 Å². The van der Waals surface area contributed by atoms with Gasteiger partial charge < -0.3 is 19.9 Å². The average Bonchev–Trinajstić information content (AvgIpc) is 2.96. The lowest BCUT2D eigenvalue weighted by Gasteiger charge is -2.36. The maximum absolute atomic E-state index is 12.3. The second-order valence-electron chi connectivity index (χ2n) is 9.04. The molecule has 4 N–H and O–H groups in total. The number of aliphatic hydroxyl groups is 1. The molecule has 3 atom stereocenters. The van der Waals surface area contributed by atoms with E-state index in [0.717, 1.165) is 22.4 Å². The topological polar surface area (TPSA) is 117 Å². The predicted molar refractivity (Wildman–Crippen MR) is 144 cm³/mol. The molecule has 1 aliphatic heterocycles. The maximum atomic E-state index is 12.3. The lowest BCUT2D eigenvalue weighted by atomic mass is 10.0. The van der Waals surface area contributed by atoms with Gasteiger partial charge in [0.2, 0.25) is 11.8 Å². The molecule has 9 heteroatoms. The lowest BCUT2D eigenvalue weighted by molar-refractivity contribution is -0.245. The van der Waals surface area contributed by atoms with Crippen molar-refractivity contribution in [2.24, 2.45) is 0 Å². The Morgan fingerprint density at radius 3 is 2.39 bits per heavy atom. The summed E-state index contributed by atoms with van der Waals surface area (Å²) in [6, 6.07) is 25.3. The van der Waals surface area contributed by atoms with Crippen molar-refractivity contribution in [2.45, 2.75) is 55.7 Å². The van der Waals surface area contributed by atoms with Gasteiger partial charge >= 0.3 is 0 Å². The summed E-state index contributed by atoms with van der Waals surface area (Å²) in [6.45, 7) is -0.0129. The minimum atomic E-state index is -0.627. The van der Waals surface area contributed by atoms with Gasteiger partial charge in [-0.15, -0.1) is 11.8 Å². The van der Waals surface area contributed by atoms with E-state index in [1.54, 1.807) is 23.3 Å². The Morgan fingerprint density at radius 1 is 0.895 bits per heavy atom. The zero-order chi connectivity index (χ0) is 26.7. The number of aliphatic hydroxyl groups excluding tert-OH is 1. The summed E-state index contributed by atoms with van der Waals surface area (Å²) in [5.74, 6) is 0.0109. The highest BCUT2D eigenvalue weighted by Gasteiger charge is 2.32. The highest BCUT2D eigenvalue weighted by Crippen LogP contribution is 2.39. The minimum absolute atomic E-state index is 0.0129. The van der Waals surface area contributed by atoms with Gasteiger partial charge in [-0.3, -0.25) is 14.8 Å². The SMILES string of the molecule is O=C(CCCC(=O)Nc1cccc(C2OC(CSc3ccccc3)CC(c3ccc(CO)cc3)O2)c1)NO. The Hall–Kier alpha value is -3.21. The van der Waals surface area contributed by atoms with E-state index in [1.807, 2.05) is 60.7 Å². The molecule has 3 aromatic carbocycles. The zero-order valence-electron chi connectivity index (χ0n) is 20.9. The fraction of sp³-hybridized carbons (Fsp3) is 0.310. The number of carbonyl (C=O) groups excluding carboxylic acids is 2. The Morgan fingerprint density at radius 2 is 1.66 bits per heavy atom. The van der Waals surface area contributed by atoms with Crippen LogP contribution in [0.15, 0.2) is 83.8 Å². The second-order valence-corrected chi connectivity index (χ2v) is 10.1. The van der Waals surface area contributed by atoms with Gasteiger partial charge in [0.05, 0.1) is 18.8 Å². The van der Waals surface area contributed by atoms with Crippen LogP contribution >= 0.6 is 11.8 Å². The predicted octanol–water partition coefficient (Wildman–Crippen LogP) is 5.13. The number of carbonyl (C=O) groups is 2. The van der Waals surface area contributed by atoms with Crippen LogP contribution in [-0.2, 0) is 25.7 Å². The van der Waals surface area contributed by atoms with Gasteiger partial charge in [0.15, 0.2) is 6.29 Å². The largest absolute Gasteiger partial charge is 0.392 e.